The Bertz CT molecular complexity index is 447. The van der Waals surface area contributed by atoms with Crippen LogP contribution in [0.3, 0.4) is 0 Å². The van der Waals surface area contributed by atoms with Crippen LogP contribution < -0.4 is 11.1 Å². The third-order valence-electron chi connectivity index (χ3n) is 1.97. The van der Waals surface area contributed by atoms with E-state index in [2.05, 4.69) is 10.1 Å². The third-order valence-corrected chi connectivity index (χ3v) is 1.97. The monoisotopic (exact) mass is 266 g/mol. The standard InChI is InChI=1S/C12H14N2O5/c13-10(15)8-18-11(16)6-14-12(17)19-7-9-4-2-1-3-5-9/h1-5H,6-8H2,(H2,13,15)(H,14,17). The van der Waals surface area contributed by atoms with Crippen LogP contribution in [-0.2, 0) is 25.7 Å². The van der Waals surface area contributed by atoms with Gasteiger partial charge in [0, 0.05) is 0 Å². The highest BCUT2D eigenvalue weighted by Gasteiger charge is 2.08. The Labute approximate surface area is 109 Å². The van der Waals surface area contributed by atoms with Gasteiger partial charge in [-0.1, -0.05) is 30.3 Å². The highest BCUT2D eigenvalue weighted by Crippen LogP contribution is 2.00. The number of nitrogens with one attached hydrogen (secondary N) is 1. The normalized spacial score (nSPS) is 9.47. The number of esters is 1. The first-order valence-electron chi connectivity index (χ1n) is 5.46. The van der Waals surface area contributed by atoms with Crippen molar-refractivity contribution in [3.8, 4) is 0 Å². The van der Waals surface area contributed by atoms with E-state index in [1.807, 2.05) is 18.2 Å². The third kappa shape index (κ3) is 6.67. The molecule has 0 saturated carbocycles. The molecule has 0 atom stereocenters. The van der Waals surface area contributed by atoms with Crippen molar-refractivity contribution in [2.75, 3.05) is 13.2 Å². The van der Waals surface area contributed by atoms with Gasteiger partial charge in [-0.15, -0.1) is 0 Å². The summed E-state index contributed by atoms with van der Waals surface area (Å²) in [6.07, 6.45) is -0.750. The van der Waals surface area contributed by atoms with E-state index < -0.39 is 24.6 Å². The summed E-state index contributed by atoms with van der Waals surface area (Å²) in [6.45, 7) is -0.802. The minimum Gasteiger partial charge on any atom is -0.454 e. The molecule has 0 spiro atoms. The van der Waals surface area contributed by atoms with Gasteiger partial charge in [-0.05, 0) is 5.56 Å². The molecule has 0 saturated heterocycles. The molecule has 1 aromatic rings. The number of hydrogen-bond acceptors (Lipinski definition) is 5. The van der Waals surface area contributed by atoms with Crippen LogP contribution in [0, 0.1) is 0 Å². The lowest BCUT2D eigenvalue weighted by Crippen LogP contribution is -2.32. The average Bonchev–Trinajstić information content (AvgIpc) is 2.41. The zero-order chi connectivity index (χ0) is 14.1. The molecule has 0 fully saturated rings. The number of nitrogens with two attached hydrogens (primary N) is 1. The van der Waals surface area contributed by atoms with Crippen molar-refractivity contribution in [1.82, 2.24) is 5.32 Å². The smallest absolute Gasteiger partial charge is 0.407 e. The van der Waals surface area contributed by atoms with E-state index in [9.17, 15) is 14.4 Å². The molecule has 0 aromatic heterocycles. The maximum Gasteiger partial charge on any atom is 0.407 e. The van der Waals surface area contributed by atoms with Crippen molar-refractivity contribution in [3.05, 3.63) is 35.9 Å². The molecule has 0 heterocycles. The minimum absolute atomic E-state index is 0.100. The Kier molecular flexibility index (Phi) is 5.87. The molecule has 0 bridgehead atoms. The molecular formula is C12H14N2O5. The van der Waals surface area contributed by atoms with Crippen LogP contribution in [0.15, 0.2) is 30.3 Å². The first-order valence-corrected chi connectivity index (χ1v) is 5.46. The van der Waals surface area contributed by atoms with E-state index in [-0.39, 0.29) is 13.2 Å². The largest absolute Gasteiger partial charge is 0.454 e. The first kappa shape index (κ1) is 14.5. The van der Waals surface area contributed by atoms with E-state index in [4.69, 9.17) is 10.5 Å². The topological polar surface area (TPSA) is 108 Å². The van der Waals surface area contributed by atoms with E-state index in [0.29, 0.717) is 0 Å². The summed E-state index contributed by atoms with van der Waals surface area (Å²) in [4.78, 5) is 32.6. The molecule has 0 aliphatic carbocycles. The number of alkyl carbamates (subject to hydrolysis) is 1. The van der Waals surface area contributed by atoms with Gasteiger partial charge in [0.1, 0.15) is 13.2 Å². The number of primary amides is 1. The number of carbonyl (C=O) groups is 3. The van der Waals surface area contributed by atoms with E-state index in [1.54, 1.807) is 12.1 Å². The predicted octanol–water partition coefficient (Wildman–Crippen LogP) is -0.0587. The van der Waals surface area contributed by atoms with Gasteiger partial charge >= 0.3 is 12.1 Å². The summed E-state index contributed by atoms with van der Waals surface area (Å²) in [7, 11) is 0. The Morgan fingerprint density at radius 3 is 2.42 bits per heavy atom. The summed E-state index contributed by atoms with van der Waals surface area (Å²) in [5, 5.41) is 2.19. The minimum atomic E-state index is -0.768. The maximum atomic E-state index is 11.2. The van der Waals surface area contributed by atoms with Gasteiger partial charge in [-0.2, -0.15) is 0 Å². The van der Waals surface area contributed by atoms with E-state index in [1.165, 1.54) is 0 Å². The summed E-state index contributed by atoms with van der Waals surface area (Å²) in [5.74, 6) is -1.53. The van der Waals surface area contributed by atoms with Crippen molar-refractivity contribution in [2.45, 2.75) is 6.61 Å². The molecule has 2 amide bonds. The maximum absolute atomic E-state index is 11.2. The second kappa shape index (κ2) is 7.70. The van der Waals surface area contributed by atoms with Gasteiger partial charge < -0.3 is 20.5 Å². The highest BCUT2D eigenvalue weighted by atomic mass is 16.6. The van der Waals surface area contributed by atoms with Crippen LogP contribution in [0.5, 0.6) is 0 Å². The molecule has 0 aliphatic heterocycles. The zero-order valence-electron chi connectivity index (χ0n) is 10.1. The highest BCUT2D eigenvalue weighted by molar-refractivity contribution is 5.81. The van der Waals surface area contributed by atoms with Gasteiger partial charge in [0.15, 0.2) is 6.61 Å². The molecule has 19 heavy (non-hydrogen) atoms. The van der Waals surface area contributed by atoms with Gasteiger partial charge in [0.05, 0.1) is 0 Å². The van der Waals surface area contributed by atoms with Gasteiger partial charge in [0.2, 0.25) is 0 Å². The molecule has 0 unspecified atom stereocenters. The summed E-state index contributed by atoms with van der Waals surface area (Å²) in [6, 6.07) is 9.08. The van der Waals surface area contributed by atoms with Crippen LogP contribution in [0.4, 0.5) is 4.79 Å². The van der Waals surface area contributed by atoms with Crippen molar-refractivity contribution in [1.29, 1.82) is 0 Å². The lowest BCUT2D eigenvalue weighted by molar-refractivity contribution is -0.146. The van der Waals surface area contributed by atoms with Gasteiger partial charge in [0.25, 0.3) is 5.91 Å². The number of hydrogen-bond donors (Lipinski definition) is 2. The molecule has 0 aliphatic rings. The molecule has 1 aromatic carbocycles. The number of rotatable bonds is 6. The number of amides is 2. The van der Waals surface area contributed by atoms with Crippen LogP contribution in [0.1, 0.15) is 5.56 Å². The van der Waals surface area contributed by atoms with Gasteiger partial charge in [-0.3, -0.25) is 9.59 Å². The lowest BCUT2D eigenvalue weighted by Gasteiger charge is -2.06. The molecule has 3 N–H and O–H groups in total. The second-order valence-corrected chi connectivity index (χ2v) is 3.54. The van der Waals surface area contributed by atoms with Crippen molar-refractivity contribution < 1.29 is 23.9 Å². The molecule has 0 radical (unpaired) electrons. The molecule has 7 heteroatoms. The fourth-order valence-electron chi connectivity index (χ4n) is 1.12. The molecule has 1 rings (SSSR count). The summed E-state index contributed by atoms with van der Waals surface area (Å²) < 4.78 is 9.29. The number of ether oxygens (including phenoxy) is 2. The van der Waals surface area contributed by atoms with Crippen LogP contribution in [0.2, 0.25) is 0 Å². The van der Waals surface area contributed by atoms with Crippen LogP contribution >= 0.6 is 0 Å². The Hall–Kier alpha value is -2.57. The van der Waals surface area contributed by atoms with E-state index in [0.717, 1.165) is 5.56 Å². The number of benzene rings is 1. The van der Waals surface area contributed by atoms with Crippen molar-refractivity contribution in [3.63, 3.8) is 0 Å². The first-order chi connectivity index (χ1) is 9.08. The average molecular weight is 266 g/mol. The molecule has 102 valence electrons. The van der Waals surface area contributed by atoms with Crippen LogP contribution in [-0.4, -0.2) is 31.1 Å². The predicted molar refractivity (Wildman–Crippen MR) is 64.8 cm³/mol. The fraction of sp³-hybridized carbons (Fsp3) is 0.250. The Morgan fingerprint density at radius 1 is 1.11 bits per heavy atom. The Morgan fingerprint density at radius 2 is 1.79 bits per heavy atom. The fourth-order valence-corrected chi connectivity index (χ4v) is 1.12. The zero-order valence-corrected chi connectivity index (χ0v) is 10.1. The second-order valence-electron chi connectivity index (χ2n) is 3.54. The van der Waals surface area contributed by atoms with Crippen molar-refractivity contribution >= 4 is 18.0 Å². The quantitative estimate of drug-likeness (QED) is 0.701. The summed E-state index contributed by atoms with van der Waals surface area (Å²) >= 11 is 0. The van der Waals surface area contributed by atoms with Crippen molar-refractivity contribution in [2.24, 2.45) is 5.73 Å². The van der Waals surface area contributed by atoms with E-state index >= 15 is 0 Å². The lowest BCUT2D eigenvalue weighted by atomic mass is 10.2. The number of carbonyl (C=O) groups excluding carboxylic acids is 3. The molecule has 7 nitrogen and oxygen atoms in total. The SMILES string of the molecule is NC(=O)COC(=O)CNC(=O)OCc1ccccc1. The Balaban J connectivity index is 2.17. The van der Waals surface area contributed by atoms with Crippen LogP contribution in [0.25, 0.3) is 0 Å². The summed E-state index contributed by atoms with van der Waals surface area (Å²) in [5.41, 5.74) is 5.61. The van der Waals surface area contributed by atoms with Gasteiger partial charge in [-0.25, -0.2) is 4.79 Å². The molecular weight excluding hydrogens is 252 g/mol.